The smallest absolute Gasteiger partial charge is 0.407 e. The molecule has 0 bridgehead atoms. The molecule has 1 rings (SSSR count). The number of nitrogens with one attached hydrogen (secondary N) is 1. The number of hydrogen-bond donors (Lipinski definition) is 1. The van der Waals surface area contributed by atoms with E-state index in [1.165, 1.54) is 0 Å². The molecule has 0 fully saturated rings. The maximum Gasteiger partial charge on any atom is 0.407 e. The van der Waals surface area contributed by atoms with E-state index in [2.05, 4.69) is 20.3 Å². The van der Waals surface area contributed by atoms with Crippen LogP contribution in [0.4, 0.5) is 10.7 Å². The van der Waals surface area contributed by atoms with Gasteiger partial charge in [-0.3, -0.25) is 0 Å². The molecule has 0 aliphatic carbocycles. The Balaban J connectivity index is 2.10. The fraction of sp³-hybridized carbons (Fsp3) is 0.765. The number of amides is 1. The summed E-state index contributed by atoms with van der Waals surface area (Å²) in [4.78, 5) is 25.8. The van der Waals surface area contributed by atoms with Gasteiger partial charge in [0.1, 0.15) is 11.4 Å². The van der Waals surface area contributed by atoms with Gasteiger partial charge in [0.05, 0.1) is 26.4 Å². The number of ether oxygens (including phenoxy) is 3. The first-order valence-electron chi connectivity index (χ1n) is 8.96. The molecule has 0 saturated heterocycles. The van der Waals surface area contributed by atoms with Crippen LogP contribution in [0.5, 0.6) is 0 Å². The molecule has 0 aliphatic heterocycles. The summed E-state index contributed by atoms with van der Waals surface area (Å²) in [6.45, 7) is 12.8. The molecule has 0 aromatic carbocycles. The second-order valence-electron chi connectivity index (χ2n) is 6.68. The van der Waals surface area contributed by atoms with Crippen LogP contribution in [0.25, 0.3) is 0 Å². The first kappa shape index (κ1) is 23.3. The van der Waals surface area contributed by atoms with Crippen LogP contribution in [0.15, 0.2) is 0 Å². The first-order valence-corrected chi connectivity index (χ1v) is 9.34. The highest BCUT2D eigenvalue weighted by Gasteiger charge is 2.15. The predicted molar refractivity (Wildman–Crippen MR) is 103 cm³/mol. The van der Waals surface area contributed by atoms with Gasteiger partial charge >= 0.3 is 6.09 Å². The fourth-order valence-electron chi connectivity index (χ4n) is 2.01. The predicted octanol–water partition coefficient (Wildman–Crippen LogP) is 2.22. The minimum atomic E-state index is -0.503. The third-order valence-electron chi connectivity index (χ3n) is 3.16. The largest absolute Gasteiger partial charge is 0.444 e. The van der Waals surface area contributed by atoms with Crippen LogP contribution in [0.3, 0.4) is 0 Å². The molecule has 1 amide bonds. The number of halogens is 1. The zero-order valence-electron chi connectivity index (χ0n) is 16.7. The molecule has 0 spiro atoms. The van der Waals surface area contributed by atoms with Crippen molar-refractivity contribution in [2.24, 2.45) is 0 Å². The van der Waals surface area contributed by atoms with Crippen molar-refractivity contribution in [1.82, 2.24) is 20.3 Å². The van der Waals surface area contributed by atoms with E-state index in [0.717, 1.165) is 6.54 Å². The van der Waals surface area contributed by atoms with E-state index in [1.807, 2.05) is 32.6 Å². The van der Waals surface area contributed by atoms with Gasteiger partial charge in [-0.25, -0.2) is 9.78 Å². The summed E-state index contributed by atoms with van der Waals surface area (Å²) in [5, 5.41) is 2.81. The molecule has 9 nitrogen and oxygen atoms in total. The highest BCUT2D eigenvalue weighted by molar-refractivity contribution is 6.28. The Morgan fingerprint density at radius 1 is 1.11 bits per heavy atom. The number of aryl methyl sites for hydroxylation is 1. The van der Waals surface area contributed by atoms with Crippen LogP contribution >= 0.6 is 11.6 Å². The Kier molecular flexibility index (Phi) is 10.3. The van der Waals surface area contributed by atoms with Gasteiger partial charge in [-0.1, -0.05) is 0 Å². The Morgan fingerprint density at radius 2 is 1.78 bits per heavy atom. The minimum absolute atomic E-state index is 0.185. The first-order chi connectivity index (χ1) is 12.7. The lowest BCUT2D eigenvalue weighted by Crippen LogP contribution is -2.34. The molecule has 1 aromatic rings. The Morgan fingerprint density at radius 3 is 2.37 bits per heavy atom. The zero-order valence-corrected chi connectivity index (χ0v) is 17.5. The van der Waals surface area contributed by atoms with Crippen molar-refractivity contribution < 1.29 is 19.0 Å². The molecule has 10 heteroatoms. The highest BCUT2D eigenvalue weighted by atomic mass is 35.5. The van der Waals surface area contributed by atoms with E-state index in [9.17, 15) is 4.79 Å². The number of nitrogens with zero attached hydrogens (tertiary/aromatic N) is 4. The van der Waals surface area contributed by atoms with Crippen molar-refractivity contribution in [3.05, 3.63) is 11.1 Å². The van der Waals surface area contributed by atoms with E-state index >= 15 is 0 Å². The lowest BCUT2D eigenvalue weighted by Gasteiger charge is -2.20. The molecule has 0 radical (unpaired) electrons. The average molecular weight is 404 g/mol. The Bertz CT molecular complexity index is 563. The van der Waals surface area contributed by atoms with Crippen molar-refractivity contribution in [3.63, 3.8) is 0 Å². The number of anilines is 1. The molecule has 0 saturated carbocycles. The topological polar surface area (TPSA) is 98.7 Å². The molecule has 1 aromatic heterocycles. The van der Waals surface area contributed by atoms with Crippen LogP contribution in [0, 0.1) is 6.92 Å². The number of carbonyl (C=O) groups is 1. The van der Waals surface area contributed by atoms with Crippen LogP contribution < -0.4 is 10.2 Å². The van der Waals surface area contributed by atoms with Crippen molar-refractivity contribution >= 4 is 23.6 Å². The fourth-order valence-corrected chi connectivity index (χ4v) is 2.21. The molecule has 0 atom stereocenters. The Hall–Kier alpha value is -1.71. The normalized spacial score (nSPS) is 11.3. The van der Waals surface area contributed by atoms with E-state index in [1.54, 1.807) is 6.92 Å². The van der Waals surface area contributed by atoms with Crippen LogP contribution in [-0.2, 0) is 14.2 Å². The molecule has 0 aliphatic rings. The van der Waals surface area contributed by atoms with Gasteiger partial charge in [0.2, 0.25) is 11.2 Å². The van der Waals surface area contributed by atoms with Crippen molar-refractivity contribution in [1.29, 1.82) is 0 Å². The molecule has 1 N–H and O–H groups in total. The van der Waals surface area contributed by atoms with Gasteiger partial charge in [0, 0.05) is 19.6 Å². The monoisotopic (exact) mass is 403 g/mol. The summed E-state index contributed by atoms with van der Waals surface area (Å²) >= 11 is 5.88. The summed E-state index contributed by atoms with van der Waals surface area (Å²) in [6.07, 6.45) is -0.448. The Labute approximate surface area is 165 Å². The lowest BCUT2D eigenvalue weighted by molar-refractivity contribution is 0.0410. The van der Waals surface area contributed by atoms with Gasteiger partial charge in [-0.15, -0.1) is 0 Å². The number of likely N-dealkylation sites (N-methyl/N-ethyl adjacent to an activating group) is 1. The number of carbonyl (C=O) groups excluding carboxylic acids is 1. The standard InChI is InChI=1S/C17H30ClN5O4/c1-6-23(15-21-13(2)20-14(18)22-15)8-10-26-12-11-25-9-7-19-16(24)27-17(3,4)5/h6-12H2,1-5H3,(H,19,24). The second-order valence-corrected chi connectivity index (χ2v) is 7.02. The number of rotatable bonds is 11. The SMILES string of the molecule is CCN(CCOCCOCCNC(=O)OC(C)(C)C)c1nc(C)nc(Cl)n1. The molecule has 1 heterocycles. The van der Waals surface area contributed by atoms with Gasteiger partial charge < -0.3 is 24.4 Å². The van der Waals surface area contributed by atoms with Gasteiger partial charge in [-0.2, -0.15) is 9.97 Å². The summed E-state index contributed by atoms with van der Waals surface area (Å²) in [5.41, 5.74) is -0.503. The third kappa shape index (κ3) is 10.9. The van der Waals surface area contributed by atoms with Crippen molar-refractivity contribution in [3.8, 4) is 0 Å². The molecule has 0 unspecified atom stereocenters. The maximum absolute atomic E-state index is 11.4. The zero-order chi connectivity index (χ0) is 20.3. The van der Waals surface area contributed by atoms with E-state index < -0.39 is 11.7 Å². The van der Waals surface area contributed by atoms with Crippen LogP contribution in [-0.4, -0.2) is 72.7 Å². The average Bonchev–Trinajstić information content (AvgIpc) is 2.54. The van der Waals surface area contributed by atoms with Gasteiger partial charge in [0.15, 0.2) is 0 Å². The van der Waals surface area contributed by atoms with E-state index in [-0.39, 0.29) is 5.28 Å². The van der Waals surface area contributed by atoms with E-state index in [4.69, 9.17) is 25.8 Å². The molecule has 154 valence electrons. The van der Waals surface area contributed by atoms with Crippen LogP contribution in [0.1, 0.15) is 33.5 Å². The molecular formula is C17H30ClN5O4. The summed E-state index contributed by atoms with van der Waals surface area (Å²) in [5.74, 6) is 1.13. The summed E-state index contributed by atoms with van der Waals surface area (Å²) < 4.78 is 16.1. The molecular weight excluding hydrogens is 374 g/mol. The number of alkyl carbamates (subject to hydrolysis) is 1. The summed E-state index contributed by atoms with van der Waals surface area (Å²) in [6, 6.07) is 0. The van der Waals surface area contributed by atoms with E-state index in [0.29, 0.717) is 51.3 Å². The van der Waals surface area contributed by atoms with Gasteiger partial charge in [-0.05, 0) is 46.2 Å². The minimum Gasteiger partial charge on any atom is -0.444 e. The second kappa shape index (κ2) is 11.9. The van der Waals surface area contributed by atoms with Gasteiger partial charge in [0.25, 0.3) is 0 Å². The third-order valence-corrected chi connectivity index (χ3v) is 3.33. The maximum atomic E-state index is 11.4. The van der Waals surface area contributed by atoms with Crippen LogP contribution in [0.2, 0.25) is 5.28 Å². The lowest BCUT2D eigenvalue weighted by atomic mass is 10.2. The van der Waals surface area contributed by atoms with Crippen molar-refractivity contribution in [2.75, 3.05) is 51.0 Å². The molecule has 27 heavy (non-hydrogen) atoms. The quantitative estimate of drug-likeness (QED) is 0.561. The number of aromatic nitrogens is 3. The number of hydrogen-bond acceptors (Lipinski definition) is 8. The van der Waals surface area contributed by atoms with Crippen molar-refractivity contribution in [2.45, 2.75) is 40.2 Å². The summed E-state index contributed by atoms with van der Waals surface area (Å²) in [7, 11) is 0. The highest BCUT2D eigenvalue weighted by Crippen LogP contribution is 2.10.